The van der Waals surface area contributed by atoms with E-state index < -0.39 is 0 Å². The SMILES string of the molecule is CCC([NH-])c1ccccc1.[Ac]. The Morgan fingerprint density at radius 1 is 1.27 bits per heavy atom. The van der Waals surface area contributed by atoms with Crippen LogP contribution in [0.15, 0.2) is 30.3 Å². The summed E-state index contributed by atoms with van der Waals surface area (Å²) in [7, 11) is 0. The van der Waals surface area contributed by atoms with E-state index in [0.717, 1.165) is 12.0 Å². The van der Waals surface area contributed by atoms with E-state index in [1.54, 1.807) is 0 Å². The van der Waals surface area contributed by atoms with Gasteiger partial charge in [0.15, 0.2) is 0 Å². The number of hydrogen-bond acceptors (Lipinski definition) is 0. The van der Waals surface area contributed by atoms with Gasteiger partial charge in [-0.05, 0) is 0 Å². The summed E-state index contributed by atoms with van der Waals surface area (Å²) in [6.07, 6.45) is 0.893. The van der Waals surface area contributed by atoms with Crippen LogP contribution in [0.2, 0.25) is 0 Å². The van der Waals surface area contributed by atoms with Crippen molar-refractivity contribution in [3.05, 3.63) is 41.6 Å². The summed E-state index contributed by atoms with van der Waals surface area (Å²) >= 11 is 0. The summed E-state index contributed by atoms with van der Waals surface area (Å²) in [6, 6.07) is 9.90. The Kier molecular flexibility index (Phi) is 6.52. The van der Waals surface area contributed by atoms with E-state index in [0.29, 0.717) is 0 Å². The fraction of sp³-hybridized carbons (Fsp3) is 0.333. The molecule has 0 spiro atoms. The minimum atomic E-state index is -0.0406. The quantitative estimate of drug-likeness (QED) is 0.773. The van der Waals surface area contributed by atoms with Gasteiger partial charge in [-0.1, -0.05) is 49.2 Å². The van der Waals surface area contributed by atoms with Crippen molar-refractivity contribution in [2.24, 2.45) is 0 Å². The van der Waals surface area contributed by atoms with Gasteiger partial charge in [-0.15, -0.1) is 6.04 Å². The van der Waals surface area contributed by atoms with Crippen molar-refractivity contribution in [1.29, 1.82) is 0 Å². The average molecular weight is 361 g/mol. The molecule has 1 N–H and O–H groups in total. The summed E-state index contributed by atoms with van der Waals surface area (Å²) in [4.78, 5) is 0. The van der Waals surface area contributed by atoms with Crippen LogP contribution in [-0.2, 0) is 0 Å². The van der Waals surface area contributed by atoms with E-state index in [1.165, 1.54) is 0 Å². The van der Waals surface area contributed by atoms with Gasteiger partial charge in [0.2, 0.25) is 0 Å². The molecule has 1 aromatic carbocycles. The van der Waals surface area contributed by atoms with Gasteiger partial charge in [0.05, 0.1) is 0 Å². The Hall–Kier alpha value is 0.622. The van der Waals surface area contributed by atoms with E-state index in [4.69, 9.17) is 5.73 Å². The molecular formula is C9H12AcN-. The van der Waals surface area contributed by atoms with Crippen LogP contribution in [0.1, 0.15) is 24.9 Å². The van der Waals surface area contributed by atoms with Crippen LogP contribution in [-0.4, -0.2) is 0 Å². The van der Waals surface area contributed by atoms with Gasteiger partial charge in [-0.2, -0.15) is 0 Å². The molecule has 1 rings (SSSR count). The molecule has 1 unspecified atom stereocenters. The van der Waals surface area contributed by atoms with Gasteiger partial charge < -0.3 is 5.73 Å². The number of rotatable bonds is 2. The second-order valence-corrected chi connectivity index (χ2v) is 2.37. The minimum Gasteiger partial charge on any atom is -0.671 e. The molecule has 0 bridgehead atoms. The van der Waals surface area contributed by atoms with E-state index in [-0.39, 0.29) is 50.1 Å². The Bertz CT molecular complexity index is 186. The zero-order valence-electron chi connectivity index (χ0n) is 6.75. The first kappa shape index (κ1) is 11.6. The molecule has 2 heteroatoms. The largest absolute Gasteiger partial charge is 0.671 e. The van der Waals surface area contributed by atoms with Crippen molar-refractivity contribution in [2.75, 3.05) is 0 Å². The first-order valence-corrected chi connectivity index (χ1v) is 3.60. The predicted octanol–water partition coefficient (Wildman–Crippen LogP) is 3.19. The van der Waals surface area contributed by atoms with Crippen LogP contribution < -0.4 is 0 Å². The third-order valence-electron chi connectivity index (χ3n) is 1.61. The Balaban J connectivity index is 0.000001000. The number of hydrogen-bond donors (Lipinski definition) is 0. The van der Waals surface area contributed by atoms with E-state index in [1.807, 2.05) is 37.3 Å². The molecule has 1 aromatic rings. The Labute approximate surface area is 104 Å². The molecule has 1 atom stereocenters. The molecule has 0 aliphatic heterocycles. The molecule has 1 nitrogen and oxygen atoms in total. The molecule has 0 heterocycles. The molecule has 11 heavy (non-hydrogen) atoms. The molecule has 57 valence electrons. The van der Waals surface area contributed by atoms with Gasteiger partial charge in [0.1, 0.15) is 0 Å². The van der Waals surface area contributed by atoms with Crippen molar-refractivity contribution in [3.63, 3.8) is 0 Å². The molecule has 1 radical (unpaired) electrons. The van der Waals surface area contributed by atoms with Crippen molar-refractivity contribution < 1.29 is 44.1 Å². The monoisotopic (exact) mass is 361 g/mol. The smallest absolute Gasteiger partial charge is 0 e. The molecular weight excluding hydrogens is 349 g/mol. The van der Waals surface area contributed by atoms with Crippen LogP contribution in [0, 0.1) is 44.1 Å². The standard InChI is InChI=1S/C9H12N.Ac/c1-2-9(10)8-6-4-3-5-7-8;/h3-7,9-10H,2H2,1H3;/q-1;. The second-order valence-electron chi connectivity index (χ2n) is 2.37. The summed E-state index contributed by atoms with van der Waals surface area (Å²) in [5.74, 6) is 0. The normalized spacial score (nSPS) is 11.8. The minimum absolute atomic E-state index is 0. The van der Waals surface area contributed by atoms with E-state index >= 15 is 0 Å². The van der Waals surface area contributed by atoms with Crippen molar-refractivity contribution in [1.82, 2.24) is 0 Å². The van der Waals surface area contributed by atoms with E-state index in [9.17, 15) is 0 Å². The fourth-order valence-electron chi connectivity index (χ4n) is 0.921. The van der Waals surface area contributed by atoms with Gasteiger partial charge >= 0.3 is 0 Å². The Morgan fingerprint density at radius 3 is 2.27 bits per heavy atom. The van der Waals surface area contributed by atoms with Crippen LogP contribution >= 0.6 is 0 Å². The second kappa shape index (κ2) is 6.17. The number of benzene rings is 1. The van der Waals surface area contributed by atoms with Crippen LogP contribution in [0.25, 0.3) is 5.73 Å². The molecule has 0 fully saturated rings. The van der Waals surface area contributed by atoms with Crippen LogP contribution in [0.5, 0.6) is 0 Å². The van der Waals surface area contributed by atoms with Crippen molar-refractivity contribution in [3.8, 4) is 0 Å². The van der Waals surface area contributed by atoms with Gasteiger partial charge in [-0.3, -0.25) is 0 Å². The molecule has 0 aliphatic rings. The van der Waals surface area contributed by atoms with Crippen LogP contribution in [0.4, 0.5) is 0 Å². The molecule has 0 saturated carbocycles. The van der Waals surface area contributed by atoms with Crippen molar-refractivity contribution >= 4 is 0 Å². The van der Waals surface area contributed by atoms with Crippen molar-refractivity contribution in [2.45, 2.75) is 19.4 Å². The third-order valence-corrected chi connectivity index (χ3v) is 1.61. The molecule has 0 saturated heterocycles. The summed E-state index contributed by atoms with van der Waals surface area (Å²) in [5, 5.41) is 0. The first-order valence-electron chi connectivity index (χ1n) is 3.60. The third kappa shape index (κ3) is 3.69. The van der Waals surface area contributed by atoms with Crippen LogP contribution in [0.3, 0.4) is 0 Å². The van der Waals surface area contributed by atoms with E-state index in [2.05, 4.69) is 0 Å². The zero-order valence-corrected chi connectivity index (χ0v) is 11.5. The van der Waals surface area contributed by atoms with Gasteiger partial charge in [0.25, 0.3) is 0 Å². The summed E-state index contributed by atoms with van der Waals surface area (Å²) < 4.78 is 0. The molecule has 0 aromatic heterocycles. The maximum atomic E-state index is 7.56. The maximum absolute atomic E-state index is 7.56. The zero-order chi connectivity index (χ0) is 7.40. The average Bonchev–Trinajstić information content (AvgIpc) is 2.05. The Morgan fingerprint density at radius 2 is 1.82 bits per heavy atom. The fourth-order valence-corrected chi connectivity index (χ4v) is 0.921. The van der Waals surface area contributed by atoms with Gasteiger partial charge in [0, 0.05) is 44.1 Å². The first-order chi connectivity index (χ1) is 4.84. The maximum Gasteiger partial charge on any atom is 0 e. The number of nitrogens with one attached hydrogen (secondary N) is 1. The summed E-state index contributed by atoms with van der Waals surface area (Å²) in [6.45, 7) is 2.03. The summed E-state index contributed by atoms with van der Waals surface area (Å²) in [5.41, 5.74) is 8.68. The topological polar surface area (TPSA) is 23.8 Å². The predicted molar refractivity (Wildman–Crippen MR) is 43.8 cm³/mol. The molecule has 0 aliphatic carbocycles. The van der Waals surface area contributed by atoms with Gasteiger partial charge in [-0.25, -0.2) is 0 Å². The molecule has 0 amide bonds.